The number of H-pyrrole nitrogens is 1. The van der Waals surface area contributed by atoms with Crippen LogP contribution in [0, 0.1) is 31.0 Å². The molecule has 2 aromatic heterocycles. The van der Waals surface area contributed by atoms with E-state index < -0.39 is 0 Å². The van der Waals surface area contributed by atoms with Gasteiger partial charge in [0.05, 0.1) is 5.56 Å². The van der Waals surface area contributed by atoms with Crippen LogP contribution in [0.15, 0.2) is 40.8 Å². The minimum absolute atomic E-state index is 0.251. The maximum Gasteiger partial charge on any atom is 0.289 e. The molecule has 0 spiro atoms. The van der Waals surface area contributed by atoms with E-state index in [0.717, 1.165) is 22.6 Å². The fourth-order valence-corrected chi connectivity index (χ4v) is 2.64. The Balaban J connectivity index is 2.30. The zero-order chi connectivity index (χ0) is 16.6. The number of nitrogen functional groups attached to an aromatic ring is 1. The van der Waals surface area contributed by atoms with Gasteiger partial charge >= 0.3 is 0 Å². The molecule has 3 rings (SSSR count). The number of aromatic nitrogens is 1. The summed E-state index contributed by atoms with van der Waals surface area (Å²) in [7, 11) is 0. The second-order valence-electron chi connectivity index (χ2n) is 5.32. The summed E-state index contributed by atoms with van der Waals surface area (Å²) in [6.07, 6.45) is 0. The van der Waals surface area contributed by atoms with Crippen LogP contribution in [0.3, 0.4) is 0 Å². The molecule has 0 fully saturated rings. The number of furan rings is 1. The molecular formula is C18H15FN3O+. The monoisotopic (exact) mass is 308 g/mol. The van der Waals surface area contributed by atoms with Gasteiger partial charge in [0.1, 0.15) is 29.1 Å². The number of rotatable bonds is 2. The van der Waals surface area contributed by atoms with E-state index in [-0.39, 0.29) is 11.6 Å². The number of halogens is 1. The van der Waals surface area contributed by atoms with Crippen molar-refractivity contribution < 1.29 is 13.8 Å². The van der Waals surface area contributed by atoms with Crippen LogP contribution < -0.4 is 10.7 Å². The Morgan fingerprint density at radius 3 is 2.39 bits per heavy atom. The average Bonchev–Trinajstić information content (AvgIpc) is 2.95. The summed E-state index contributed by atoms with van der Waals surface area (Å²) in [5.41, 5.74) is 9.33. The summed E-state index contributed by atoms with van der Waals surface area (Å²) < 4.78 is 18.8. The summed E-state index contributed by atoms with van der Waals surface area (Å²) in [4.78, 5) is 3.04. The molecule has 0 aliphatic carbocycles. The van der Waals surface area contributed by atoms with Gasteiger partial charge in [-0.05, 0) is 50.2 Å². The Kier molecular flexibility index (Phi) is 3.59. The fraction of sp³-hybridized carbons (Fsp3) is 0.111. The number of anilines is 1. The van der Waals surface area contributed by atoms with Crippen LogP contribution in [0.25, 0.3) is 22.6 Å². The number of nitrogens with two attached hydrogens (primary N) is 1. The Hall–Kier alpha value is -3.13. The predicted molar refractivity (Wildman–Crippen MR) is 84.7 cm³/mol. The number of nitriles is 1. The van der Waals surface area contributed by atoms with Crippen LogP contribution in [0.2, 0.25) is 0 Å². The van der Waals surface area contributed by atoms with E-state index in [0.29, 0.717) is 16.9 Å². The molecule has 3 aromatic rings. The van der Waals surface area contributed by atoms with Gasteiger partial charge in [0.25, 0.3) is 5.82 Å². The summed E-state index contributed by atoms with van der Waals surface area (Å²) in [5, 5.41) is 9.45. The molecule has 1 aromatic carbocycles. The van der Waals surface area contributed by atoms with Crippen molar-refractivity contribution in [3.63, 3.8) is 0 Å². The summed E-state index contributed by atoms with van der Waals surface area (Å²) in [6, 6.07) is 11.9. The van der Waals surface area contributed by atoms with Crippen LogP contribution >= 0.6 is 0 Å². The average molecular weight is 308 g/mol. The Labute approximate surface area is 133 Å². The lowest BCUT2D eigenvalue weighted by Crippen LogP contribution is -2.18. The smallest absolute Gasteiger partial charge is 0.289 e. The number of nitrogens with zero attached hydrogens (tertiary/aromatic N) is 1. The third-order valence-electron chi connectivity index (χ3n) is 3.76. The minimum Gasteiger partial charge on any atom is -0.461 e. The lowest BCUT2D eigenvalue weighted by molar-refractivity contribution is -0.347. The molecule has 0 saturated carbocycles. The maximum atomic E-state index is 13.2. The van der Waals surface area contributed by atoms with Gasteiger partial charge < -0.3 is 4.42 Å². The van der Waals surface area contributed by atoms with Crippen LogP contribution in [0.4, 0.5) is 10.2 Å². The molecular weight excluding hydrogens is 293 g/mol. The lowest BCUT2D eigenvalue weighted by Gasteiger charge is -2.10. The van der Waals surface area contributed by atoms with Crippen molar-refractivity contribution in [2.45, 2.75) is 13.8 Å². The largest absolute Gasteiger partial charge is 0.461 e. The lowest BCUT2D eigenvalue weighted by atomic mass is 9.96. The first-order valence-corrected chi connectivity index (χ1v) is 7.09. The highest BCUT2D eigenvalue weighted by molar-refractivity contribution is 5.79. The second kappa shape index (κ2) is 5.58. The number of hydrogen-bond acceptors (Lipinski definition) is 3. The van der Waals surface area contributed by atoms with Crippen molar-refractivity contribution in [1.29, 1.82) is 5.26 Å². The van der Waals surface area contributed by atoms with Crippen molar-refractivity contribution in [2.75, 3.05) is 5.73 Å². The summed E-state index contributed by atoms with van der Waals surface area (Å²) in [5.74, 6) is 1.27. The van der Waals surface area contributed by atoms with Crippen LogP contribution in [0.1, 0.15) is 16.9 Å². The maximum absolute atomic E-state index is 13.2. The van der Waals surface area contributed by atoms with E-state index in [1.807, 2.05) is 26.0 Å². The molecule has 5 heteroatoms. The van der Waals surface area contributed by atoms with Crippen molar-refractivity contribution in [2.24, 2.45) is 0 Å². The Morgan fingerprint density at radius 2 is 1.83 bits per heavy atom. The number of nitrogens with one attached hydrogen (secondary N) is 1. The van der Waals surface area contributed by atoms with Gasteiger partial charge in [-0.1, -0.05) is 0 Å². The first-order valence-electron chi connectivity index (χ1n) is 7.09. The van der Waals surface area contributed by atoms with Crippen molar-refractivity contribution in [1.82, 2.24) is 0 Å². The molecule has 114 valence electrons. The topological polar surface area (TPSA) is 77.1 Å². The molecule has 23 heavy (non-hydrogen) atoms. The Bertz CT molecular complexity index is 921. The predicted octanol–water partition coefficient (Wildman–Crippen LogP) is 3.64. The third kappa shape index (κ3) is 2.55. The van der Waals surface area contributed by atoms with Crippen LogP contribution in [-0.2, 0) is 0 Å². The van der Waals surface area contributed by atoms with Crippen molar-refractivity contribution in [3.8, 4) is 28.7 Å². The molecule has 0 unspecified atom stereocenters. The van der Waals surface area contributed by atoms with Gasteiger partial charge in [-0.25, -0.2) is 9.37 Å². The van der Waals surface area contributed by atoms with Crippen molar-refractivity contribution >= 4 is 5.82 Å². The highest BCUT2D eigenvalue weighted by Gasteiger charge is 2.23. The quantitative estimate of drug-likeness (QED) is 0.785. The molecule has 0 aliphatic heterocycles. The molecule has 0 bridgehead atoms. The van der Waals surface area contributed by atoms with Gasteiger partial charge in [-0.15, -0.1) is 0 Å². The molecule has 2 heterocycles. The molecule has 0 saturated heterocycles. The summed E-state index contributed by atoms with van der Waals surface area (Å²) in [6.45, 7) is 3.72. The number of benzene rings is 1. The SMILES string of the molecule is Cc1ccc(-c2c(C)c(-c3ccc(F)cc3)[nH+]c(N)c2C#N)o1. The van der Waals surface area contributed by atoms with Gasteiger partial charge in [0.15, 0.2) is 5.56 Å². The molecule has 4 nitrogen and oxygen atoms in total. The second-order valence-corrected chi connectivity index (χ2v) is 5.32. The zero-order valence-corrected chi connectivity index (χ0v) is 12.8. The van der Waals surface area contributed by atoms with Gasteiger partial charge in [0.2, 0.25) is 0 Å². The Morgan fingerprint density at radius 1 is 1.13 bits per heavy atom. The van der Waals surface area contributed by atoms with Crippen molar-refractivity contribution in [3.05, 3.63) is 59.1 Å². The molecule has 0 atom stereocenters. The summed E-state index contributed by atoms with van der Waals surface area (Å²) >= 11 is 0. The number of hydrogen-bond donors (Lipinski definition) is 1. The van der Waals surface area contributed by atoms with E-state index in [1.54, 1.807) is 12.1 Å². The minimum atomic E-state index is -0.310. The zero-order valence-electron chi connectivity index (χ0n) is 12.8. The van der Waals surface area contributed by atoms with Crippen LogP contribution in [-0.4, -0.2) is 0 Å². The van der Waals surface area contributed by atoms with E-state index in [1.165, 1.54) is 12.1 Å². The highest BCUT2D eigenvalue weighted by atomic mass is 19.1. The number of pyridine rings is 1. The molecule has 0 amide bonds. The molecule has 3 N–H and O–H groups in total. The first kappa shape index (κ1) is 14.8. The van der Waals surface area contributed by atoms with E-state index in [9.17, 15) is 9.65 Å². The highest BCUT2D eigenvalue weighted by Crippen LogP contribution is 2.34. The molecule has 0 radical (unpaired) electrons. The van der Waals surface area contributed by atoms with E-state index in [2.05, 4.69) is 11.1 Å². The number of aryl methyl sites for hydroxylation is 1. The molecule has 0 aliphatic rings. The van der Waals surface area contributed by atoms with Gasteiger partial charge in [0, 0.05) is 11.1 Å². The standard InChI is InChI=1S/C18H14FN3O/c1-10-3-8-15(23-10)16-11(2)17(22-18(21)14(16)9-20)12-4-6-13(19)7-5-12/h3-8H,1-2H3,(H2,21,22)/p+1. The fourth-order valence-electron chi connectivity index (χ4n) is 2.64. The first-order chi connectivity index (χ1) is 11.0. The third-order valence-corrected chi connectivity index (χ3v) is 3.76. The number of aromatic amines is 1. The normalized spacial score (nSPS) is 10.5. The van der Waals surface area contributed by atoms with E-state index >= 15 is 0 Å². The van der Waals surface area contributed by atoms with Gasteiger partial charge in [-0.2, -0.15) is 5.26 Å². The van der Waals surface area contributed by atoms with Gasteiger partial charge in [-0.3, -0.25) is 5.73 Å². The van der Waals surface area contributed by atoms with Crippen LogP contribution in [0.5, 0.6) is 0 Å². The van der Waals surface area contributed by atoms with E-state index in [4.69, 9.17) is 10.2 Å².